The highest BCUT2D eigenvalue weighted by molar-refractivity contribution is 6.32. The van der Waals surface area contributed by atoms with Gasteiger partial charge in [0.25, 0.3) is 0 Å². The Balaban J connectivity index is 2.28. The van der Waals surface area contributed by atoms with E-state index in [1.165, 1.54) is 18.5 Å². The molecule has 0 fully saturated rings. The number of pyridine rings is 1. The average molecular weight is 265 g/mol. The summed E-state index contributed by atoms with van der Waals surface area (Å²) in [6.07, 6.45) is 3.04. The molecule has 0 N–H and O–H groups in total. The van der Waals surface area contributed by atoms with Crippen molar-refractivity contribution < 1.29 is 4.74 Å². The predicted molar refractivity (Wildman–Crippen MR) is 65.5 cm³/mol. The Morgan fingerprint density at radius 2 is 2.00 bits per heavy atom. The van der Waals surface area contributed by atoms with Crippen molar-refractivity contribution in [2.24, 2.45) is 0 Å². The molecule has 0 atom stereocenters. The third kappa shape index (κ3) is 2.88. The maximum absolute atomic E-state index is 8.70. The van der Waals surface area contributed by atoms with E-state index in [0.717, 1.165) is 0 Å². The Hall–Kier alpha value is -1.76. The third-order valence-corrected chi connectivity index (χ3v) is 2.47. The lowest BCUT2D eigenvalue weighted by Gasteiger charge is -2.07. The minimum absolute atomic E-state index is 0.365. The highest BCUT2D eigenvalue weighted by Gasteiger charge is 2.05. The quantitative estimate of drug-likeness (QED) is 0.822. The molecular formula is C12H6Cl2N2O. The van der Waals surface area contributed by atoms with E-state index < -0.39 is 0 Å². The molecule has 84 valence electrons. The fourth-order valence-electron chi connectivity index (χ4n) is 1.23. The topological polar surface area (TPSA) is 45.9 Å². The van der Waals surface area contributed by atoms with E-state index in [9.17, 15) is 0 Å². The summed E-state index contributed by atoms with van der Waals surface area (Å²) >= 11 is 11.7. The highest BCUT2D eigenvalue weighted by atomic mass is 35.5. The number of halogens is 2. The molecule has 5 heteroatoms. The summed E-state index contributed by atoms with van der Waals surface area (Å²) in [6.45, 7) is 0. The van der Waals surface area contributed by atoms with Gasteiger partial charge < -0.3 is 4.74 Å². The molecule has 0 aliphatic rings. The molecule has 2 rings (SSSR count). The van der Waals surface area contributed by atoms with Crippen LogP contribution in [0.1, 0.15) is 5.56 Å². The first-order valence-corrected chi connectivity index (χ1v) is 5.42. The van der Waals surface area contributed by atoms with Crippen molar-refractivity contribution >= 4 is 23.2 Å². The van der Waals surface area contributed by atoms with Crippen LogP contribution in [0.2, 0.25) is 10.0 Å². The zero-order valence-corrected chi connectivity index (χ0v) is 10.0. The van der Waals surface area contributed by atoms with Crippen LogP contribution in [0.15, 0.2) is 36.7 Å². The van der Waals surface area contributed by atoms with Crippen LogP contribution in [0.5, 0.6) is 11.5 Å². The van der Waals surface area contributed by atoms with Crippen LogP contribution in [0.4, 0.5) is 0 Å². The summed E-state index contributed by atoms with van der Waals surface area (Å²) in [5.74, 6) is 0.943. The lowest BCUT2D eigenvalue weighted by molar-refractivity contribution is 0.480. The number of hydrogen-bond acceptors (Lipinski definition) is 3. The molecule has 0 amide bonds. The smallest absolute Gasteiger partial charge is 0.147 e. The maximum atomic E-state index is 8.70. The van der Waals surface area contributed by atoms with Crippen LogP contribution in [0.3, 0.4) is 0 Å². The molecule has 0 aliphatic carbocycles. The van der Waals surface area contributed by atoms with Gasteiger partial charge >= 0.3 is 0 Å². The summed E-state index contributed by atoms with van der Waals surface area (Å²) in [7, 11) is 0. The summed E-state index contributed by atoms with van der Waals surface area (Å²) in [5.41, 5.74) is 0.478. The number of rotatable bonds is 2. The second-order valence-electron chi connectivity index (χ2n) is 3.20. The van der Waals surface area contributed by atoms with Crippen LogP contribution < -0.4 is 4.74 Å². The largest absolute Gasteiger partial charge is 0.454 e. The molecule has 0 aliphatic heterocycles. The normalized spacial score (nSPS) is 9.71. The SMILES string of the molecule is N#Cc1ccc(Oc2cncc(Cl)c2)c(Cl)c1. The van der Waals surface area contributed by atoms with Gasteiger partial charge in [-0.3, -0.25) is 4.98 Å². The van der Waals surface area contributed by atoms with Gasteiger partial charge in [-0.05, 0) is 18.2 Å². The van der Waals surface area contributed by atoms with E-state index in [2.05, 4.69) is 4.98 Å². The molecule has 0 bridgehead atoms. The minimum atomic E-state index is 0.365. The first-order valence-electron chi connectivity index (χ1n) is 4.67. The van der Waals surface area contributed by atoms with Crippen molar-refractivity contribution in [1.82, 2.24) is 4.98 Å². The molecular weight excluding hydrogens is 259 g/mol. The summed E-state index contributed by atoms with van der Waals surface area (Å²) in [5, 5.41) is 9.55. The molecule has 0 radical (unpaired) electrons. The van der Waals surface area contributed by atoms with Crippen molar-refractivity contribution in [1.29, 1.82) is 5.26 Å². The Morgan fingerprint density at radius 1 is 1.18 bits per heavy atom. The number of ether oxygens (including phenoxy) is 1. The van der Waals surface area contributed by atoms with Crippen LogP contribution in [-0.4, -0.2) is 4.98 Å². The maximum Gasteiger partial charge on any atom is 0.147 e. The van der Waals surface area contributed by atoms with Crippen LogP contribution in [0, 0.1) is 11.3 Å². The molecule has 17 heavy (non-hydrogen) atoms. The van der Waals surface area contributed by atoms with Crippen molar-refractivity contribution in [2.45, 2.75) is 0 Å². The molecule has 1 aromatic heterocycles. The van der Waals surface area contributed by atoms with Gasteiger partial charge in [-0.2, -0.15) is 5.26 Å². The Bertz CT molecular complexity index is 593. The zero-order valence-electron chi connectivity index (χ0n) is 8.52. The van der Waals surface area contributed by atoms with Crippen molar-refractivity contribution in [3.8, 4) is 17.6 Å². The van der Waals surface area contributed by atoms with E-state index >= 15 is 0 Å². The number of benzene rings is 1. The third-order valence-electron chi connectivity index (χ3n) is 1.97. The first-order chi connectivity index (χ1) is 8.19. The number of nitriles is 1. The number of aromatic nitrogens is 1. The van der Waals surface area contributed by atoms with Gasteiger partial charge in [0.05, 0.1) is 27.9 Å². The monoisotopic (exact) mass is 264 g/mol. The van der Waals surface area contributed by atoms with E-state index in [4.69, 9.17) is 33.2 Å². The van der Waals surface area contributed by atoms with Crippen LogP contribution >= 0.6 is 23.2 Å². The van der Waals surface area contributed by atoms with Crippen molar-refractivity contribution in [3.63, 3.8) is 0 Å². The summed E-state index contributed by atoms with van der Waals surface area (Å²) in [6, 6.07) is 8.41. The van der Waals surface area contributed by atoms with Gasteiger partial charge in [-0.1, -0.05) is 23.2 Å². The molecule has 1 heterocycles. The molecule has 0 saturated heterocycles. The van der Waals surface area contributed by atoms with E-state index in [-0.39, 0.29) is 0 Å². The lowest BCUT2D eigenvalue weighted by Crippen LogP contribution is -1.87. The van der Waals surface area contributed by atoms with E-state index in [1.54, 1.807) is 18.2 Å². The van der Waals surface area contributed by atoms with Gasteiger partial charge in [0.2, 0.25) is 0 Å². The standard InChI is InChI=1S/C12H6Cl2N2O/c13-9-4-10(7-16-6-9)17-12-2-1-8(5-15)3-11(12)14/h1-4,6-7H. The zero-order chi connectivity index (χ0) is 12.3. The van der Waals surface area contributed by atoms with Crippen molar-refractivity contribution in [2.75, 3.05) is 0 Å². The second-order valence-corrected chi connectivity index (χ2v) is 4.04. The van der Waals surface area contributed by atoms with E-state index in [0.29, 0.717) is 27.1 Å². The molecule has 1 aromatic carbocycles. The summed E-state index contributed by atoms with van der Waals surface area (Å²) in [4.78, 5) is 3.89. The van der Waals surface area contributed by atoms with Crippen LogP contribution in [0.25, 0.3) is 0 Å². The Kier molecular flexibility index (Phi) is 3.48. The van der Waals surface area contributed by atoms with Crippen molar-refractivity contribution in [3.05, 3.63) is 52.3 Å². The lowest BCUT2D eigenvalue weighted by atomic mass is 10.2. The van der Waals surface area contributed by atoms with Gasteiger partial charge in [0.15, 0.2) is 0 Å². The fraction of sp³-hybridized carbons (Fsp3) is 0. The molecule has 3 nitrogen and oxygen atoms in total. The van der Waals surface area contributed by atoms with Gasteiger partial charge in [0.1, 0.15) is 11.5 Å². The molecule has 0 unspecified atom stereocenters. The molecule has 0 saturated carbocycles. The molecule has 0 spiro atoms. The van der Waals surface area contributed by atoms with E-state index in [1.807, 2.05) is 6.07 Å². The minimum Gasteiger partial charge on any atom is -0.454 e. The van der Waals surface area contributed by atoms with Gasteiger partial charge in [-0.15, -0.1) is 0 Å². The van der Waals surface area contributed by atoms with Gasteiger partial charge in [0, 0.05) is 12.3 Å². The summed E-state index contributed by atoms with van der Waals surface area (Å²) < 4.78 is 5.50. The Labute approximate surface area is 108 Å². The highest BCUT2D eigenvalue weighted by Crippen LogP contribution is 2.30. The number of hydrogen-bond donors (Lipinski definition) is 0. The Morgan fingerprint density at radius 3 is 2.65 bits per heavy atom. The number of nitrogens with zero attached hydrogens (tertiary/aromatic N) is 2. The first kappa shape index (κ1) is 11.7. The second kappa shape index (κ2) is 5.05. The van der Waals surface area contributed by atoms with Crippen LogP contribution in [-0.2, 0) is 0 Å². The average Bonchev–Trinajstić information content (AvgIpc) is 2.32. The fourth-order valence-corrected chi connectivity index (χ4v) is 1.61. The molecule has 2 aromatic rings. The predicted octanol–water partition coefficient (Wildman–Crippen LogP) is 4.05. The van der Waals surface area contributed by atoms with Gasteiger partial charge in [-0.25, -0.2) is 0 Å².